The second kappa shape index (κ2) is 10.9. The Morgan fingerprint density at radius 1 is 1.09 bits per heavy atom. The van der Waals surface area contributed by atoms with Crippen molar-refractivity contribution < 1.29 is 22.7 Å². The Morgan fingerprint density at radius 2 is 1.79 bits per heavy atom. The zero-order chi connectivity index (χ0) is 24.1. The molecule has 9 heteroatoms. The molecule has 0 saturated carbocycles. The van der Waals surface area contributed by atoms with Gasteiger partial charge < -0.3 is 14.8 Å². The fraction of sp³-hybridized carbons (Fsp3) is 0.480. The van der Waals surface area contributed by atoms with Crippen molar-refractivity contribution in [1.82, 2.24) is 14.5 Å². The second-order valence-corrected chi connectivity index (χ2v) is 10.6. The Bertz CT molecular complexity index is 1110. The van der Waals surface area contributed by atoms with Crippen LogP contribution in [-0.2, 0) is 14.8 Å². The molecular weight excluding hydrogens is 454 g/mol. The molecule has 1 N–H and O–H groups in total. The number of nitrogens with zero attached hydrogens (tertiary/aromatic N) is 2. The SMILES string of the molecule is COc1ccccc1[C@H](CNC(=O)c1cc(S(=O)(=O)N2CCOCC2)ccc1C)N1CCCC1. The van der Waals surface area contributed by atoms with E-state index in [2.05, 4.69) is 10.2 Å². The maximum absolute atomic E-state index is 13.2. The number of amides is 1. The van der Waals surface area contributed by atoms with E-state index in [0.717, 1.165) is 42.8 Å². The number of nitrogens with one attached hydrogen (secondary N) is 1. The Kier molecular flexibility index (Phi) is 7.88. The molecule has 0 unspecified atom stereocenters. The number of methoxy groups -OCH3 is 1. The van der Waals surface area contributed by atoms with Crippen molar-refractivity contribution in [3.8, 4) is 5.75 Å². The van der Waals surface area contributed by atoms with Gasteiger partial charge in [0, 0.05) is 30.8 Å². The first-order valence-corrected chi connectivity index (χ1v) is 13.2. The number of hydrogen-bond donors (Lipinski definition) is 1. The van der Waals surface area contributed by atoms with Crippen LogP contribution in [0.4, 0.5) is 0 Å². The number of hydrogen-bond acceptors (Lipinski definition) is 6. The van der Waals surface area contributed by atoms with Gasteiger partial charge >= 0.3 is 0 Å². The number of carbonyl (C=O) groups excluding carboxylic acids is 1. The monoisotopic (exact) mass is 487 g/mol. The Labute approximate surface area is 201 Å². The summed E-state index contributed by atoms with van der Waals surface area (Å²) in [6.45, 7) is 5.52. The first-order chi connectivity index (χ1) is 16.4. The van der Waals surface area contributed by atoms with Gasteiger partial charge in [0.2, 0.25) is 10.0 Å². The minimum atomic E-state index is -3.68. The lowest BCUT2D eigenvalue weighted by molar-refractivity contribution is 0.0730. The lowest BCUT2D eigenvalue weighted by atomic mass is 10.0. The number of para-hydroxylation sites is 1. The van der Waals surface area contributed by atoms with Crippen LogP contribution in [0.15, 0.2) is 47.4 Å². The number of sulfonamides is 1. The summed E-state index contributed by atoms with van der Waals surface area (Å²) in [6.07, 6.45) is 2.25. The maximum atomic E-state index is 13.2. The zero-order valence-electron chi connectivity index (χ0n) is 19.8. The third-order valence-corrected chi connectivity index (χ3v) is 8.49. The van der Waals surface area contributed by atoms with Gasteiger partial charge in [0.15, 0.2) is 0 Å². The second-order valence-electron chi connectivity index (χ2n) is 8.70. The Morgan fingerprint density at radius 3 is 2.50 bits per heavy atom. The molecule has 1 amide bonds. The quantitative estimate of drug-likeness (QED) is 0.616. The fourth-order valence-corrected chi connectivity index (χ4v) is 6.09. The van der Waals surface area contributed by atoms with Crippen molar-refractivity contribution in [2.24, 2.45) is 0 Å². The van der Waals surface area contributed by atoms with Gasteiger partial charge in [-0.2, -0.15) is 4.31 Å². The van der Waals surface area contributed by atoms with Crippen LogP contribution in [0.2, 0.25) is 0 Å². The number of rotatable bonds is 8. The third-order valence-electron chi connectivity index (χ3n) is 6.60. The minimum Gasteiger partial charge on any atom is -0.496 e. The predicted molar refractivity (Wildman–Crippen MR) is 130 cm³/mol. The van der Waals surface area contributed by atoms with Crippen LogP contribution in [0.25, 0.3) is 0 Å². The topological polar surface area (TPSA) is 88.2 Å². The molecule has 8 nitrogen and oxygen atoms in total. The van der Waals surface area contributed by atoms with Crippen molar-refractivity contribution in [3.05, 3.63) is 59.2 Å². The standard InChI is InChI=1S/C25H33N3O5S/c1-19-9-10-20(34(30,31)28-13-15-33-16-14-28)17-22(19)25(29)26-18-23(27-11-5-6-12-27)21-7-3-4-8-24(21)32-2/h3-4,7-10,17,23H,5-6,11-16,18H2,1-2H3,(H,26,29)/t23-/m0/s1. The van der Waals surface area contributed by atoms with E-state index in [1.807, 2.05) is 31.2 Å². The van der Waals surface area contributed by atoms with E-state index in [1.165, 1.54) is 10.4 Å². The van der Waals surface area contributed by atoms with Crippen molar-refractivity contribution >= 4 is 15.9 Å². The summed E-state index contributed by atoms with van der Waals surface area (Å²) in [5.41, 5.74) is 2.13. The normalized spacial score (nSPS) is 18.5. The van der Waals surface area contributed by atoms with E-state index < -0.39 is 10.0 Å². The van der Waals surface area contributed by atoms with Crippen LogP contribution in [0, 0.1) is 6.92 Å². The lowest BCUT2D eigenvalue weighted by Gasteiger charge is -2.29. The highest BCUT2D eigenvalue weighted by Crippen LogP contribution is 2.31. The largest absolute Gasteiger partial charge is 0.496 e. The van der Waals surface area contributed by atoms with Crippen molar-refractivity contribution in [2.45, 2.75) is 30.7 Å². The molecule has 4 rings (SSSR count). The molecule has 2 aromatic rings. The molecule has 34 heavy (non-hydrogen) atoms. The molecule has 0 aliphatic carbocycles. The zero-order valence-corrected chi connectivity index (χ0v) is 20.6. The minimum absolute atomic E-state index is 0.0248. The van der Waals surface area contributed by atoms with Crippen LogP contribution in [0.1, 0.15) is 40.4 Å². The van der Waals surface area contributed by atoms with Gasteiger partial charge in [-0.15, -0.1) is 0 Å². The van der Waals surface area contributed by atoms with E-state index in [4.69, 9.17) is 9.47 Å². The van der Waals surface area contributed by atoms with Crippen LogP contribution in [-0.4, -0.2) is 76.6 Å². The molecule has 0 aromatic heterocycles. The first-order valence-electron chi connectivity index (χ1n) is 11.8. The summed E-state index contributed by atoms with van der Waals surface area (Å²) < 4.78 is 38.5. The third kappa shape index (κ3) is 5.27. The molecule has 2 heterocycles. The highest BCUT2D eigenvalue weighted by atomic mass is 32.2. The summed E-state index contributed by atoms with van der Waals surface area (Å²) in [5, 5.41) is 3.06. The number of aryl methyl sites for hydroxylation is 1. The summed E-state index contributed by atoms with van der Waals surface area (Å²) in [7, 11) is -2.03. The molecule has 184 valence electrons. The average Bonchev–Trinajstić information content (AvgIpc) is 3.39. The molecule has 2 aromatic carbocycles. The Hall–Kier alpha value is -2.46. The lowest BCUT2D eigenvalue weighted by Crippen LogP contribution is -2.40. The van der Waals surface area contributed by atoms with Crippen molar-refractivity contribution in [2.75, 3.05) is 53.0 Å². The molecule has 2 fully saturated rings. The van der Waals surface area contributed by atoms with E-state index in [0.29, 0.717) is 38.4 Å². The smallest absolute Gasteiger partial charge is 0.251 e. The van der Waals surface area contributed by atoms with E-state index in [-0.39, 0.29) is 16.8 Å². The van der Waals surface area contributed by atoms with E-state index in [9.17, 15) is 13.2 Å². The molecule has 1 atom stereocenters. The van der Waals surface area contributed by atoms with Gasteiger partial charge in [0.05, 0.1) is 31.3 Å². The highest BCUT2D eigenvalue weighted by molar-refractivity contribution is 7.89. The molecule has 0 bridgehead atoms. The summed E-state index contributed by atoms with van der Waals surface area (Å²) in [6, 6.07) is 12.6. The summed E-state index contributed by atoms with van der Waals surface area (Å²) in [4.78, 5) is 15.7. The van der Waals surface area contributed by atoms with Crippen molar-refractivity contribution in [3.63, 3.8) is 0 Å². The number of morpholine rings is 1. The highest BCUT2D eigenvalue weighted by Gasteiger charge is 2.29. The number of benzene rings is 2. The number of ether oxygens (including phenoxy) is 2. The van der Waals surface area contributed by atoms with Crippen LogP contribution >= 0.6 is 0 Å². The van der Waals surface area contributed by atoms with Gasteiger partial charge in [-0.1, -0.05) is 24.3 Å². The van der Waals surface area contributed by atoms with E-state index in [1.54, 1.807) is 19.2 Å². The van der Waals surface area contributed by atoms with Gasteiger partial charge in [-0.05, 0) is 56.6 Å². The average molecular weight is 488 g/mol. The van der Waals surface area contributed by atoms with Crippen LogP contribution in [0.5, 0.6) is 5.75 Å². The maximum Gasteiger partial charge on any atom is 0.251 e. The number of carbonyl (C=O) groups is 1. The molecule has 2 aliphatic heterocycles. The summed E-state index contributed by atoms with van der Waals surface area (Å²) >= 11 is 0. The molecule has 2 saturated heterocycles. The fourth-order valence-electron chi connectivity index (χ4n) is 4.66. The number of likely N-dealkylation sites (tertiary alicyclic amines) is 1. The van der Waals surface area contributed by atoms with Crippen LogP contribution < -0.4 is 10.1 Å². The predicted octanol–water partition coefficient (Wildman–Crippen LogP) is 2.59. The molecule has 0 radical (unpaired) electrons. The van der Waals surface area contributed by atoms with Gasteiger partial charge in [-0.25, -0.2) is 8.42 Å². The molecule has 2 aliphatic rings. The first kappa shape index (κ1) is 24.7. The van der Waals surface area contributed by atoms with Gasteiger partial charge in [0.1, 0.15) is 5.75 Å². The summed E-state index contributed by atoms with van der Waals surface area (Å²) in [5.74, 6) is 0.513. The van der Waals surface area contributed by atoms with Gasteiger partial charge in [-0.3, -0.25) is 9.69 Å². The molecule has 0 spiro atoms. The molecular formula is C25H33N3O5S. The van der Waals surface area contributed by atoms with Gasteiger partial charge in [0.25, 0.3) is 5.91 Å². The van der Waals surface area contributed by atoms with E-state index >= 15 is 0 Å². The Balaban J connectivity index is 1.55. The van der Waals surface area contributed by atoms with Crippen molar-refractivity contribution in [1.29, 1.82) is 0 Å². The van der Waals surface area contributed by atoms with Crippen LogP contribution in [0.3, 0.4) is 0 Å².